The van der Waals surface area contributed by atoms with Crippen molar-refractivity contribution in [3.8, 4) is 0 Å². The maximum atomic E-state index is 4.45. The Kier molecular flexibility index (Phi) is 14.4. The van der Waals surface area contributed by atoms with E-state index in [-0.39, 0.29) is 0 Å². The van der Waals surface area contributed by atoms with Crippen LogP contribution in [-0.2, 0) is 0 Å². The van der Waals surface area contributed by atoms with Gasteiger partial charge in [0.15, 0.2) is 0 Å². The highest BCUT2D eigenvalue weighted by atomic mass is 15.0. The fourth-order valence-corrected chi connectivity index (χ4v) is 2.03. The van der Waals surface area contributed by atoms with Gasteiger partial charge in [0.25, 0.3) is 0 Å². The monoisotopic (exact) mass is 254 g/mol. The predicted octanol–water partition coefficient (Wildman–Crippen LogP) is 4.54. The van der Waals surface area contributed by atoms with E-state index in [2.05, 4.69) is 37.1 Å². The van der Waals surface area contributed by atoms with E-state index in [1.165, 1.54) is 64.2 Å². The Balaban J connectivity index is 3.04. The first-order chi connectivity index (χ1) is 8.77. The lowest BCUT2D eigenvalue weighted by molar-refractivity contribution is 0.403. The lowest BCUT2D eigenvalue weighted by atomic mass is 10.1. The van der Waals surface area contributed by atoms with Gasteiger partial charge in [-0.1, -0.05) is 51.9 Å². The summed E-state index contributed by atoms with van der Waals surface area (Å²) >= 11 is 0. The smallest absolute Gasteiger partial charge is 0.0397 e. The number of hydrogen-bond acceptors (Lipinski definition) is 2. The summed E-state index contributed by atoms with van der Waals surface area (Å²) in [4.78, 5) is 6.67. The van der Waals surface area contributed by atoms with Crippen molar-refractivity contribution in [1.29, 1.82) is 0 Å². The van der Waals surface area contributed by atoms with Crippen LogP contribution in [0.1, 0.15) is 71.1 Å². The first-order valence-corrected chi connectivity index (χ1v) is 7.90. The minimum atomic E-state index is 0.995. The van der Waals surface area contributed by atoms with Crippen molar-refractivity contribution < 1.29 is 0 Å². The van der Waals surface area contributed by atoms with Gasteiger partial charge in [0.2, 0.25) is 0 Å². The van der Waals surface area contributed by atoms with Crippen molar-refractivity contribution in [2.45, 2.75) is 71.1 Å². The summed E-state index contributed by atoms with van der Waals surface area (Å²) in [6, 6.07) is 0. The van der Waals surface area contributed by atoms with Crippen LogP contribution in [0.4, 0.5) is 0 Å². The van der Waals surface area contributed by atoms with E-state index in [4.69, 9.17) is 0 Å². The lowest BCUT2D eigenvalue weighted by Gasteiger charge is -2.06. The molecule has 0 radical (unpaired) electrons. The van der Waals surface area contributed by atoms with Gasteiger partial charge in [-0.15, -0.1) is 0 Å². The molecule has 0 aliphatic carbocycles. The average Bonchev–Trinajstić information content (AvgIpc) is 2.34. The molecule has 18 heavy (non-hydrogen) atoms. The Bertz CT molecular complexity index is 176. The van der Waals surface area contributed by atoms with Gasteiger partial charge < -0.3 is 4.90 Å². The lowest BCUT2D eigenvalue weighted by Crippen LogP contribution is -2.13. The van der Waals surface area contributed by atoms with E-state index in [1.54, 1.807) is 0 Å². The van der Waals surface area contributed by atoms with Gasteiger partial charge in [0, 0.05) is 6.54 Å². The van der Waals surface area contributed by atoms with Crippen LogP contribution in [0.3, 0.4) is 0 Å². The number of nitrogens with zero attached hydrogens (tertiary/aromatic N) is 2. The quantitative estimate of drug-likeness (QED) is 0.348. The predicted molar refractivity (Wildman–Crippen MR) is 83.8 cm³/mol. The molecule has 0 aromatic heterocycles. The van der Waals surface area contributed by atoms with Gasteiger partial charge in [-0.3, -0.25) is 4.99 Å². The van der Waals surface area contributed by atoms with Crippen LogP contribution in [0.25, 0.3) is 0 Å². The molecule has 0 saturated carbocycles. The van der Waals surface area contributed by atoms with E-state index < -0.39 is 0 Å². The second-order valence-electron chi connectivity index (χ2n) is 5.51. The van der Waals surface area contributed by atoms with Crippen LogP contribution in [0.2, 0.25) is 0 Å². The minimum absolute atomic E-state index is 0.995. The van der Waals surface area contributed by atoms with E-state index in [0.717, 1.165) is 13.1 Å². The maximum Gasteiger partial charge on any atom is 0.0397 e. The minimum Gasteiger partial charge on any atom is -0.309 e. The molecule has 0 aliphatic rings. The molecular weight excluding hydrogens is 220 g/mol. The summed E-state index contributed by atoms with van der Waals surface area (Å²) in [7, 11) is 4.23. The van der Waals surface area contributed by atoms with Gasteiger partial charge in [-0.2, -0.15) is 0 Å². The van der Waals surface area contributed by atoms with Crippen molar-refractivity contribution in [2.75, 3.05) is 27.2 Å². The Morgan fingerprint density at radius 1 is 0.833 bits per heavy atom. The van der Waals surface area contributed by atoms with Gasteiger partial charge in [-0.25, -0.2) is 0 Å². The fourth-order valence-electron chi connectivity index (χ4n) is 2.03. The zero-order valence-corrected chi connectivity index (χ0v) is 13.0. The van der Waals surface area contributed by atoms with Gasteiger partial charge in [0.05, 0.1) is 0 Å². The molecule has 2 heteroatoms. The van der Waals surface area contributed by atoms with Gasteiger partial charge >= 0.3 is 0 Å². The Hall–Kier alpha value is -0.370. The molecule has 108 valence electrons. The van der Waals surface area contributed by atoms with E-state index in [1.807, 2.05) is 0 Å². The molecular formula is C16H34N2. The normalized spacial score (nSPS) is 11.8. The standard InChI is InChI=1S/C16H34N2/c1-4-5-6-7-8-9-10-11-12-14-17-15-13-16-18(2)3/h14H,4-13,15-16H2,1-3H3. The van der Waals surface area contributed by atoms with Crippen molar-refractivity contribution in [1.82, 2.24) is 4.90 Å². The molecule has 0 rings (SSSR count). The topological polar surface area (TPSA) is 15.6 Å². The molecule has 0 spiro atoms. The molecule has 0 bridgehead atoms. The summed E-state index contributed by atoms with van der Waals surface area (Å²) < 4.78 is 0. The Morgan fingerprint density at radius 3 is 2.06 bits per heavy atom. The van der Waals surface area contributed by atoms with Crippen molar-refractivity contribution in [3.05, 3.63) is 0 Å². The fraction of sp³-hybridized carbons (Fsp3) is 0.938. The van der Waals surface area contributed by atoms with Crippen molar-refractivity contribution in [2.24, 2.45) is 4.99 Å². The number of aliphatic imine (C=N–C) groups is 1. The molecule has 0 unspecified atom stereocenters. The summed E-state index contributed by atoms with van der Waals surface area (Å²) in [6.07, 6.45) is 15.7. The molecule has 0 N–H and O–H groups in total. The van der Waals surface area contributed by atoms with E-state index in [9.17, 15) is 0 Å². The molecule has 0 saturated heterocycles. The van der Waals surface area contributed by atoms with Crippen molar-refractivity contribution in [3.63, 3.8) is 0 Å². The highest BCUT2D eigenvalue weighted by molar-refractivity contribution is 5.56. The second kappa shape index (κ2) is 14.7. The van der Waals surface area contributed by atoms with E-state index in [0.29, 0.717) is 0 Å². The van der Waals surface area contributed by atoms with E-state index >= 15 is 0 Å². The molecule has 2 nitrogen and oxygen atoms in total. The largest absolute Gasteiger partial charge is 0.309 e. The third kappa shape index (κ3) is 15.6. The van der Waals surface area contributed by atoms with Gasteiger partial charge in [0.1, 0.15) is 0 Å². The zero-order chi connectivity index (χ0) is 13.5. The molecule has 0 heterocycles. The van der Waals surface area contributed by atoms with Crippen LogP contribution in [0.15, 0.2) is 4.99 Å². The summed E-state index contributed by atoms with van der Waals surface area (Å²) in [5.74, 6) is 0. The molecule has 0 atom stereocenters. The van der Waals surface area contributed by atoms with Crippen LogP contribution >= 0.6 is 0 Å². The number of unbranched alkanes of at least 4 members (excludes halogenated alkanes) is 8. The molecule has 0 aromatic rings. The first-order valence-electron chi connectivity index (χ1n) is 7.90. The number of hydrogen-bond donors (Lipinski definition) is 0. The van der Waals surface area contributed by atoms with Gasteiger partial charge in [-0.05, 0) is 46.1 Å². The Labute approximate surface area is 115 Å². The van der Waals surface area contributed by atoms with Crippen LogP contribution in [0.5, 0.6) is 0 Å². The SMILES string of the molecule is CCCCCCCCCCC=NCCCN(C)C. The van der Waals surface area contributed by atoms with Crippen molar-refractivity contribution >= 4 is 6.21 Å². The van der Waals surface area contributed by atoms with Crippen LogP contribution < -0.4 is 0 Å². The third-order valence-electron chi connectivity index (χ3n) is 3.21. The summed E-state index contributed by atoms with van der Waals surface area (Å²) in [6.45, 7) is 4.42. The molecule has 0 aliphatic heterocycles. The molecule has 0 fully saturated rings. The first kappa shape index (κ1) is 17.6. The highest BCUT2D eigenvalue weighted by Gasteiger charge is 1.91. The zero-order valence-electron chi connectivity index (χ0n) is 13.0. The molecule has 0 amide bonds. The van der Waals surface area contributed by atoms with Crippen LogP contribution in [-0.4, -0.2) is 38.3 Å². The third-order valence-corrected chi connectivity index (χ3v) is 3.21. The second-order valence-corrected chi connectivity index (χ2v) is 5.51. The van der Waals surface area contributed by atoms with Crippen LogP contribution in [0, 0.1) is 0 Å². The highest BCUT2D eigenvalue weighted by Crippen LogP contribution is 2.08. The maximum absolute atomic E-state index is 4.45. The summed E-state index contributed by atoms with van der Waals surface area (Å²) in [5, 5.41) is 0. The summed E-state index contributed by atoms with van der Waals surface area (Å²) in [5.41, 5.74) is 0. The number of rotatable bonds is 13. The average molecular weight is 254 g/mol. The molecule has 0 aromatic carbocycles. The Morgan fingerprint density at radius 2 is 1.44 bits per heavy atom.